The third-order valence-corrected chi connectivity index (χ3v) is 7.55. The summed E-state index contributed by atoms with van der Waals surface area (Å²) in [5, 5.41) is 5.43. The predicted octanol–water partition coefficient (Wildman–Crippen LogP) is 5.01. The summed E-state index contributed by atoms with van der Waals surface area (Å²) in [6.07, 6.45) is 1.24. The van der Waals surface area contributed by atoms with Gasteiger partial charge in [-0.3, -0.25) is 9.59 Å². The van der Waals surface area contributed by atoms with Crippen LogP contribution in [-0.4, -0.2) is 68.2 Å². The minimum Gasteiger partial charge on any atom is -0.493 e. The Labute approximate surface area is 237 Å². The standard InChI is InChI=1S/C29H33N3O7S/c1-17(2)39-29(35)19-6-8-20(9-7-19)30-26(33)22-16-40-27(31-22)18-12-14-32(15-13-18)28(34)21-10-11-23(36-3)25(38-5)24(21)37-4/h6-11,16-18H,12-15H2,1-5H3,(H,30,33). The van der Waals surface area contributed by atoms with Crippen LogP contribution < -0.4 is 19.5 Å². The number of ether oxygens (including phenoxy) is 4. The Morgan fingerprint density at radius 3 is 2.23 bits per heavy atom. The highest BCUT2D eigenvalue weighted by Crippen LogP contribution is 2.41. The number of rotatable bonds is 9. The number of amides is 2. The van der Waals surface area contributed by atoms with E-state index in [0.29, 0.717) is 52.8 Å². The first-order valence-corrected chi connectivity index (χ1v) is 13.8. The molecule has 0 radical (unpaired) electrons. The number of esters is 1. The number of anilines is 1. The van der Waals surface area contributed by atoms with Crippen LogP contribution in [0.2, 0.25) is 0 Å². The van der Waals surface area contributed by atoms with E-state index in [4.69, 9.17) is 18.9 Å². The number of nitrogens with zero attached hydrogens (tertiary/aromatic N) is 2. The zero-order valence-electron chi connectivity index (χ0n) is 23.2. The van der Waals surface area contributed by atoms with Crippen molar-refractivity contribution in [1.82, 2.24) is 9.88 Å². The van der Waals surface area contributed by atoms with E-state index in [1.165, 1.54) is 32.7 Å². The molecule has 10 nitrogen and oxygen atoms in total. The summed E-state index contributed by atoms with van der Waals surface area (Å²) in [4.78, 5) is 44.5. The Kier molecular flexibility index (Phi) is 9.26. The molecule has 1 aromatic heterocycles. The fourth-order valence-corrected chi connectivity index (χ4v) is 5.49. The number of nitrogens with one attached hydrogen (secondary N) is 1. The SMILES string of the molecule is COc1ccc(C(=O)N2CCC(c3nc(C(=O)Nc4ccc(C(=O)OC(C)C)cc4)cs3)CC2)c(OC)c1OC. The molecule has 1 aliphatic heterocycles. The van der Waals surface area contributed by atoms with Crippen molar-refractivity contribution in [2.45, 2.75) is 38.7 Å². The van der Waals surface area contributed by atoms with Crippen LogP contribution >= 0.6 is 11.3 Å². The van der Waals surface area contributed by atoms with E-state index in [0.717, 1.165) is 17.8 Å². The molecule has 40 heavy (non-hydrogen) atoms. The maximum Gasteiger partial charge on any atom is 0.338 e. The van der Waals surface area contributed by atoms with Crippen LogP contribution in [0.15, 0.2) is 41.8 Å². The predicted molar refractivity (Wildman–Crippen MR) is 151 cm³/mol. The minimum atomic E-state index is -0.410. The van der Waals surface area contributed by atoms with Gasteiger partial charge in [0.1, 0.15) is 5.69 Å². The van der Waals surface area contributed by atoms with Gasteiger partial charge in [-0.05, 0) is 63.1 Å². The number of methoxy groups -OCH3 is 3. The summed E-state index contributed by atoms with van der Waals surface area (Å²) in [6, 6.07) is 9.91. The van der Waals surface area contributed by atoms with Crippen molar-refractivity contribution in [3.63, 3.8) is 0 Å². The Morgan fingerprint density at radius 2 is 1.62 bits per heavy atom. The number of likely N-dealkylation sites (tertiary alicyclic amines) is 1. The lowest BCUT2D eigenvalue weighted by atomic mass is 9.97. The van der Waals surface area contributed by atoms with E-state index < -0.39 is 5.97 Å². The first-order chi connectivity index (χ1) is 19.2. The van der Waals surface area contributed by atoms with Gasteiger partial charge in [0.15, 0.2) is 11.5 Å². The quantitative estimate of drug-likeness (QED) is 0.359. The molecule has 2 amide bonds. The number of hydrogen-bond donors (Lipinski definition) is 1. The van der Waals surface area contributed by atoms with Gasteiger partial charge >= 0.3 is 5.97 Å². The molecular weight excluding hydrogens is 534 g/mol. The molecule has 4 rings (SSSR count). The van der Waals surface area contributed by atoms with E-state index in [2.05, 4.69) is 10.3 Å². The van der Waals surface area contributed by atoms with E-state index in [1.54, 1.807) is 60.5 Å². The lowest BCUT2D eigenvalue weighted by molar-refractivity contribution is 0.0377. The lowest BCUT2D eigenvalue weighted by Crippen LogP contribution is -2.38. The number of piperidine rings is 1. The summed E-state index contributed by atoms with van der Waals surface area (Å²) >= 11 is 1.44. The molecule has 1 N–H and O–H groups in total. The molecular formula is C29H33N3O7S. The Hall–Kier alpha value is -4.12. The number of hydrogen-bond acceptors (Lipinski definition) is 9. The van der Waals surface area contributed by atoms with E-state index in [-0.39, 0.29) is 23.8 Å². The van der Waals surface area contributed by atoms with Gasteiger partial charge in [0.25, 0.3) is 11.8 Å². The highest BCUT2D eigenvalue weighted by Gasteiger charge is 2.30. The average molecular weight is 568 g/mol. The molecule has 1 aliphatic rings. The maximum absolute atomic E-state index is 13.3. The van der Waals surface area contributed by atoms with Crippen LogP contribution in [0.3, 0.4) is 0 Å². The van der Waals surface area contributed by atoms with Gasteiger partial charge < -0.3 is 29.2 Å². The maximum atomic E-state index is 13.3. The molecule has 0 aliphatic carbocycles. The zero-order chi connectivity index (χ0) is 28.8. The lowest BCUT2D eigenvalue weighted by Gasteiger charge is -2.31. The monoisotopic (exact) mass is 567 g/mol. The Balaban J connectivity index is 1.35. The second-order valence-electron chi connectivity index (χ2n) is 9.50. The second-order valence-corrected chi connectivity index (χ2v) is 10.4. The van der Waals surface area contributed by atoms with Gasteiger partial charge in [0.05, 0.1) is 43.6 Å². The van der Waals surface area contributed by atoms with Gasteiger partial charge in [-0.2, -0.15) is 0 Å². The highest BCUT2D eigenvalue weighted by atomic mass is 32.1. The van der Waals surface area contributed by atoms with Crippen molar-refractivity contribution in [2.75, 3.05) is 39.7 Å². The Bertz CT molecular complexity index is 1360. The Morgan fingerprint density at radius 1 is 0.950 bits per heavy atom. The molecule has 0 unspecified atom stereocenters. The largest absolute Gasteiger partial charge is 0.493 e. The smallest absolute Gasteiger partial charge is 0.338 e. The average Bonchev–Trinajstić information content (AvgIpc) is 3.46. The third-order valence-electron chi connectivity index (χ3n) is 6.54. The molecule has 0 bridgehead atoms. The van der Waals surface area contributed by atoms with E-state index in [9.17, 15) is 14.4 Å². The number of carbonyl (C=O) groups excluding carboxylic acids is 3. The molecule has 212 valence electrons. The number of carbonyl (C=O) groups is 3. The molecule has 0 spiro atoms. The van der Waals surface area contributed by atoms with Crippen LogP contribution in [0.1, 0.15) is 68.8 Å². The zero-order valence-corrected chi connectivity index (χ0v) is 24.0. The summed E-state index contributed by atoms with van der Waals surface area (Å²) in [7, 11) is 4.53. The van der Waals surface area contributed by atoms with Gasteiger partial charge in [0.2, 0.25) is 5.75 Å². The van der Waals surface area contributed by atoms with Gasteiger partial charge in [-0.15, -0.1) is 11.3 Å². The van der Waals surface area contributed by atoms with Crippen molar-refractivity contribution < 1.29 is 33.3 Å². The third kappa shape index (κ3) is 6.36. The van der Waals surface area contributed by atoms with E-state index in [1.807, 2.05) is 0 Å². The van der Waals surface area contributed by atoms with Gasteiger partial charge in [-0.25, -0.2) is 9.78 Å². The molecule has 0 atom stereocenters. The van der Waals surface area contributed by atoms with Crippen molar-refractivity contribution in [3.8, 4) is 17.2 Å². The first kappa shape index (κ1) is 28.9. The summed E-state index contributed by atoms with van der Waals surface area (Å²) in [5.74, 6) is 0.481. The molecule has 1 saturated heterocycles. The van der Waals surface area contributed by atoms with Crippen molar-refractivity contribution >= 4 is 34.8 Å². The minimum absolute atomic E-state index is 0.140. The molecule has 0 saturated carbocycles. The van der Waals surface area contributed by atoms with Crippen LogP contribution in [0.4, 0.5) is 5.69 Å². The summed E-state index contributed by atoms with van der Waals surface area (Å²) < 4.78 is 21.4. The van der Waals surface area contributed by atoms with Crippen molar-refractivity contribution in [2.24, 2.45) is 0 Å². The number of aromatic nitrogens is 1. The molecule has 3 aromatic rings. The number of thiazole rings is 1. The molecule has 1 fully saturated rings. The van der Waals surface area contributed by atoms with Crippen molar-refractivity contribution in [1.29, 1.82) is 0 Å². The first-order valence-electron chi connectivity index (χ1n) is 12.9. The molecule has 2 aromatic carbocycles. The van der Waals surface area contributed by atoms with Gasteiger partial charge in [-0.1, -0.05) is 0 Å². The fraction of sp³-hybridized carbons (Fsp3) is 0.379. The number of benzene rings is 2. The van der Waals surface area contributed by atoms with Crippen LogP contribution in [0, 0.1) is 0 Å². The fourth-order valence-electron chi connectivity index (χ4n) is 4.52. The normalized spacial score (nSPS) is 13.6. The molecule has 2 heterocycles. The van der Waals surface area contributed by atoms with Crippen LogP contribution in [0.25, 0.3) is 0 Å². The van der Waals surface area contributed by atoms with Crippen LogP contribution in [-0.2, 0) is 4.74 Å². The highest BCUT2D eigenvalue weighted by molar-refractivity contribution is 7.10. The summed E-state index contributed by atoms with van der Waals surface area (Å²) in [5.41, 5.74) is 1.71. The summed E-state index contributed by atoms with van der Waals surface area (Å²) in [6.45, 7) is 4.67. The van der Waals surface area contributed by atoms with Crippen LogP contribution in [0.5, 0.6) is 17.2 Å². The van der Waals surface area contributed by atoms with Crippen molar-refractivity contribution in [3.05, 3.63) is 63.6 Å². The van der Waals surface area contributed by atoms with Gasteiger partial charge in [0, 0.05) is 30.1 Å². The second kappa shape index (κ2) is 12.8. The van der Waals surface area contributed by atoms with E-state index >= 15 is 0 Å². The molecule has 11 heteroatoms. The topological polar surface area (TPSA) is 116 Å².